The van der Waals surface area contributed by atoms with Gasteiger partial charge in [0.05, 0.1) is 0 Å². The van der Waals surface area contributed by atoms with E-state index in [1.165, 1.54) is 17.7 Å². The van der Waals surface area contributed by atoms with Crippen LogP contribution >= 0.6 is 0 Å². The summed E-state index contributed by atoms with van der Waals surface area (Å²) in [6, 6.07) is 9.66. The number of benzene rings is 1. The molecule has 1 fully saturated rings. The minimum absolute atomic E-state index is 0.0466. The maximum atomic E-state index is 12.8. The summed E-state index contributed by atoms with van der Waals surface area (Å²) in [6.07, 6.45) is 5.17. The lowest BCUT2D eigenvalue weighted by Gasteiger charge is -2.31. The molecule has 3 rings (SSSR count). The normalized spacial score (nSPS) is 16.2. The minimum atomic E-state index is -0.244. The van der Waals surface area contributed by atoms with Crippen LogP contribution in [0, 0.1) is 11.7 Å². The van der Waals surface area contributed by atoms with E-state index in [2.05, 4.69) is 9.88 Å². The van der Waals surface area contributed by atoms with Crippen LogP contribution in [0.1, 0.15) is 18.4 Å². The van der Waals surface area contributed by atoms with Crippen molar-refractivity contribution in [1.29, 1.82) is 0 Å². The van der Waals surface area contributed by atoms with Crippen LogP contribution in [-0.2, 0) is 6.42 Å². The predicted molar refractivity (Wildman–Crippen MR) is 91.8 cm³/mol. The molecule has 0 radical (unpaired) electrons. The molecule has 0 atom stereocenters. The second-order valence-electron chi connectivity index (χ2n) is 6.35. The fraction of sp³-hybridized carbons (Fsp3) is 0.421. The van der Waals surface area contributed by atoms with E-state index in [1.807, 2.05) is 12.3 Å². The number of H-pyrrole nitrogens is 1. The average Bonchev–Trinajstić information content (AvgIpc) is 2.60. The van der Waals surface area contributed by atoms with Gasteiger partial charge in [-0.3, -0.25) is 9.69 Å². The van der Waals surface area contributed by atoms with Gasteiger partial charge in [0.15, 0.2) is 0 Å². The van der Waals surface area contributed by atoms with Crippen LogP contribution in [-0.4, -0.2) is 36.1 Å². The number of hydrogen-bond donors (Lipinski definition) is 1. The van der Waals surface area contributed by atoms with E-state index < -0.39 is 0 Å². The Labute approximate surface area is 141 Å². The number of aromatic nitrogens is 1. The van der Waals surface area contributed by atoms with Crippen molar-refractivity contribution in [1.82, 2.24) is 9.88 Å². The van der Waals surface area contributed by atoms with Gasteiger partial charge in [0.25, 0.3) is 0 Å². The fourth-order valence-corrected chi connectivity index (χ4v) is 3.14. The number of nitrogens with zero attached hydrogens (tertiary/aromatic N) is 1. The molecule has 0 amide bonds. The Hall–Kier alpha value is -2.14. The first-order valence-corrected chi connectivity index (χ1v) is 8.47. The Morgan fingerprint density at radius 3 is 2.54 bits per heavy atom. The summed E-state index contributed by atoms with van der Waals surface area (Å²) in [6.45, 7) is 3.65. The monoisotopic (exact) mass is 330 g/mol. The fourth-order valence-electron chi connectivity index (χ4n) is 3.14. The van der Waals surface area contributed by atoms with Gasteiger partial charge >= 0.3 is 0 Å². The highest BCUT2D eigenvalue weighted by molar-refractivity contribution is 5.22. The standard InChI is InChI=1S/C19H23FN2O2/c20-17-2-4-18(5-3-17)24-12-11-22-9-7-15(8-10-22)13-16-1-6-19(23)21-14-16/h1-6,14-15H,7-13H2,(H,21,23). The van der Waals surface area contributed by atoms with Crippen molar-refractivity contribution in [2.45, 2.75) is 19.3 Å². The van der Waals surface area contributed by atoms with E-state index in [9.17, 15) is 9.18 Å². The molecule has 4 nitrogen and oxygen atoms in total. The maximum absolute atomic E-state index is 12.8. The van der Waals surface area contributed by atoms with Crippen molar-refractivity contribution in [2.24, 2.45) is 5.92 Å². The van der Waals surface area contributed by atoms with E-state index in [1.54, 1.807) is 18.2 Å². The quantitative estimate of drug-likeness (QED) is 0.886. The number of ether oxygens (including phenoxy) is 1. The topological polar surface area (TPSA) is 45.3 Å². The van der Waals surface area contributed by atoms with Gasteiger partial charge < -0.3 is 9.72 Å². The van der Waals surface area contributed by atoms with Gasteiger partial charge in [-0.15, -0.1) is 0 Å². The summed E-state index contributed by atoms with van der Waals surface area (Å²) < 4.78 is 18.5. The zero-order chi connectivity index (χ0) is 16.8. The molecule has 0 bridgehead atoms. The number of rotatable bonds is 6. The summed E-state index contributed by atoms with van der Waals surface area (Å²) in [7, 11) is 0. The van der Waals surface area contributed by atoms with E-state index in [0.717, 1.165) is 38.9 Å². The van der Waals surface area contributed by atoms with Crippen LogP contribution in [0.25, 0.3) is 0 Å². The molecule has 1 aromatic heterocycles. The minimum Gasteiger partial charge on any atom is -0.492 e. The van der Waals surface area contributed by atoms with Gasteiger partial charge in [0.1, 0.15) is 18.2 Å². The van der Waals surface area contributed by atoms with E-state index in [4.69, 9.17) is 4.74 Å². The van der Waals surface area contributed by atoms with Crippen molar-refractivity contribution in [3.8, 4) is 5.75 Å². The van der Waals surface area contributed by atoms with E-state index >= 15 is 0 Å². The lowest BCUT2D eigenvalue weighted by molar-refractivity contribution is 0.155. The first kappa shape index (κ1) is 16.7. The van der Waals surface area contributed by atoms with Crippen molar-refractivity contribution >= 4 is 0 Å². The van der Waals surface area contributed by atoms with Gasteiger partial charge in [0.2, 0.25) is 5.56 Å². The predicted octanol–water partition coefficient (Wildman–Crippen LogP) is 2.85. The first-order chi connectivity index (χ1) is 11.7. The Morgan fingerprint density at radius 2 is 1.88 bits per heavy atom. The SMILES string of the molecule is O=c1ccc(CC2CCN(CCOc3ccc(F)cc3)CC2)c[nH]1. The van der Waals surface area contributed by atoms with Crippen LogP contribution in [0.2, 0.25) is 0 Å². The number of hydrogen-bond acceptors (Lipinski definition) is 3. The van der Waals surface area contributed by atoms with Crippen LogP contribution in [0.3, 0.4) is 0 Å². The third-order valence-corrected chi connectivity index (χ3v) is 4.57. The van der Waals surface area contributed by atoms with Gasteiger partial charge in [0, 0.05) is 18.8 Å². The molecule has 0 unspecified atom stereocenters. The van der Waals surface area contributed by atoms with Crippen LogP contribution in [0.4, 0.5) is 4.39 Å². The summed E-state index contributed by atoms with van der Waals surface area (Å²) in [5, 5.41) is 0. The lowest BCUT2D eigenvalue weighted by Crippen LogP contribution is -2.37. The molecule has 5 heteroatoms. The first-order valence-electron chi connectivity index (χ1n) is 8.47. The van der Waals surface area contributed by atoms with E-state index in [-0.39, 0.29) is 11.4 Å². The summed E-state index contributed by atoms with van der Waals surface area (Å²) >= 11 is 0. The third-order valence-electron chi connectivity index (χ3n) is 4.57. The van der Waals surface area contributed by atoms with E-state index in [0.29, 0.717) is 18.3 Å². The highest BCUT2D eigenvalue weighted by Gasteiger charge is 2.19. The second kappa shape index (κ2) is 8.11. The third kappa shape index (κ3) is 4.93. The number of pyridine rings is 1. The summed E-state index contributed by atoms with van der Waals surface area (Å²) in [5.41, 5.74) is 1.16. The Morgan fingerprint density at radius 1 is 1.12 bits per heavy atom. The Balaban J connectivity index is 1.36. The molecule has 0 spiro atoms. The summed E-state index contributed by atoms with van der Waals surface area (Å²) in [5.74, 6) is 1.14. The molecule has 1 aliphatic rings. The maximum Gasteiger partial charge on any atom is 0.247 e. The Kier molecular flexibility index (Phi) is 5.64. The smallest absolute Gasteiger partial charge is 0.247 e. The highest BCUT2D eigenvalue weighted by Crippen LogP contribution is 2.21. The van der Waals surface area contributed by atoms with Gasteiger partial charge in [-0.05, 0) is 68.1 Å². The number of piperidine rings is 1. The van der Waals surface area contributed by atoms with Gasteiger partial charge in [-0.2, -0.15) is 0 Å². The highest BCUT2D eigenvalue weighted by atomic mass is 19.1. The van der Waals surface area contributed by atoms with Crippen molar-refractivity contribution in [3.63, 3.8) is 0 Å². The molecule has 128 valence electrons. The molecule has 2 aromatic rings. The van der Waals surface area contributed by atoms with Crippen LogP contribution in [0.5, 0.6) is 5.75 Å². The van der Waals surface area contributed by atoms with Crippen molar-refractivity contribution < 1.29 is 9.13 Å². The Bertz CT molecular complexity index is 671. The molecule has 0 saturated carbocycles. The van der Waals surface area contributed by atoms with Crippen molar-refractivity contribution in [3.05, 3.63) is 64.3 Å². The molecule has 0 aliphatic carbocycles. The lowest BCUT2D eigenvalue weighted by atomic mass is 9.91. The average molecular weight is 330 g/mol. The van der Waals surface area contributed by atoms with Gasteiger partial charge in [-0.25, -0.2) is 4.39 Å². The number of likely N-dealkylation sites (tertiary alicyclic amines) is 1. The molecule has 1 aromatic carbocycles. The van der Waals surface area contributed by atoms with Crippen LogP contribution in [0.15, 0.2) is 47.4 Å². The largest absolute Gasteiger partial charge is 0.492 e. The molecule has 24 heavy (non-hydrogen) atoms. The number of nitrogens with one attached hydrogen (secondary N) is 1. The summed E-state index contributed by atoms with van der Waals surface area (Å²) in [4.78, 5) is 16.2. The second-order valence-corrected chi connectivity index (χ2v) is 6.35. The van der Waals surface area contributed by atoms with Crippen molar-refractivity contribution in [2.75, 3.05) is 26.2 Å². The molecule has 2 heterocycles. The molecule has 1 N–H and O–H groups in total. The molecule has 1 saturated heterocycles. The number of aromatic amines is 1. The number of halogens is 1. The molecule has 1 aliphatic heterocycles. The zero-order valence-corrected chi connectivity index (χ0v) is 13.7. The zero-order valence-electron chi connectivity index (χ0n) is 13.7. The molecular formula is C19H23FN2O2. The van der Waals surface area contributed by atoms with Gasteiger partial charge in [-0.1, -0.05) is 6.07 Å². The van der Waals surface area contributed by atoms with Crippen LogP contribution < -0.4 is 10.3 Å². The molecular weight excluding hydrogens is 307 g/mol.